The van der Waals surface area contributed by atoms with E-state index in [0.29, 0.717) is 34.1 Å². The van der Waals surface area contributed by atoms with Crippen molar-refractivity contribution in [3.63, 3.8) is 0 Å². The number of aromatic hydroxyl groups is 1. The number of carbonyl (C=O) groups is 1. The van der Waals surface area contributed by atoms with Gasteiger partial charge >= 0.3 is 0 Å². The Balaban J connectivity index is 1.64. The van der Waals surface area contributed by atoms with Crippen LogP contribution in [0.1, 0.15) is 38.8 Å². The lowest BCUT2D eigenvalue weighted by molar-refractivity contribution is 0.0730. The van der Waals surface area contributed by atoms with Gasteiger partial charge in [-0.3, -0.25) is 9.89 Å². The number of phenolic OH excluding ortho intramolecular Hbond substituents is 1. The Morgan fingerprint density at radius 1 is 1.15 bits per heavy atom. The smallest absolute Gasteiger partial charge is 0.273 e. The third kappa shape index (κ3) is 3.68. The van der Waals surface area contributed by atoms with Crippen LogP contribution < -0.4 is 4.74 Å². The van der Waals surface area contributed by atoms with E-state index in [2.05, 4.69) is 10.2 Å². The molecule has 1 unspecified atom stereocenters. The standard InChI is InChI=1S/C26H21ClFN3O3/c1-14-11-21(32)19(12-20(14)27)23-22-24(30-29-23)26(33)31(13-15-3-9-18(34-2)10-4-15)25(22)16-5-7-17(28)8-6-16/h3-12,25,32H,13H2,1-2H3,(H,29,30). The van der Waals surface area contributed by atoms with E-state index in [0.717, 1.165) is 22.4 Å². The molecule has 0 spiro atoms. The summed E-state index contributed by atoms with van der Waals surface area (Å²) in [5.41, 5.74) is 4.13. The monoisotopic (exact) mass is 477 g/mol. The predicted octanol–water partition coefficient (Wildman–Crippen LogP) is 5.64. The van der Waals surface area contributed by atoms with E-state index in [4.69, 9.17) is 16.3 Å². The van der Waals surface area contributed by atoms with E-state index in [-0.39, 0.29) is 17.5 Å². The number of fused-ring (bicyclic) bond motifs is 1. The van der Waals surface area contributed by atoms with Gasteiger partial charge in [0, 0.05) is 22.7 Å². The molecule has 1 amide bonds. The van der Waals surface area contributed by atoms with E-state index in [9.17, 15) is 14.3 Å². The van der Waals surface area contributed by atoms with Crippen LogP contribution in [0, 0.1) is 12.7 Å². The van der Waals surface area contributed by atoms with Crippen LogP contribution in [0.5, 0.6) is 11.5 Å². The van der Waals surface area contributed by atoms with Crippen molar-refractivity contribution < 1.29 is 19.0 Å². The number of hydrogen-bond donors (Lipinski definition) is 2. The van der Waals surface area contributed by atoms with Gasteiger partial charge in [0.1, 0.15) is 28.7 Å². The molecule has 4 aromatic rings. The Bertz CT molecular complexity index is 1380. The van der Waals surface area contributed by atoms with Crippen molar-refractivity contribution in [1.82, 2.24) is 15.1 Å². The first kappa shape index (κ1) is 22.0. The molecule has 34 heavy (non-hydrogen) atoms. The molecule has 8 heteroatoms. The fourth-order valence-electron chi connectivity index (χ4n) is 4.34. The minimum atomic E-state index is -0.543. The van der Waals surface area contributed by atoms with Gasteiger partial charge in [0.25, 0.3) is 5.91 Å². The summed E-state index contributed by atoms with van der Waals surface area (Å²) in [5.74, 6) is 0.118. The van der Waals surface area contributed by atoms with Crippen molar-refractivity contribution in [3.8, 4) is 22.8 Å². The summed E-state index contributed by atoms with van der Waals surface area (Å²) in [6, 6.07) is 16.2. The zero-order chi connectivity index (χ0) is 24.0. The van der Waals surface area contributed by atoms with Crippen molar-refractivity contribution in [2.45, 2.75) is 19.5 Å². The van der Waals surface area contributed by atoms with Crippen molar-refractivity contribution in [2.75, 3.05) is 7.11 Å². The SMILES string of the molecule is COc1ccc(CN2C(=O)c3[nH]nc(-c4cc(Cl)c(C)cc4O)c3C2c2ccc(F)cc2)cc1. The molecule has 6 nitrogen and oxygen atoms in total. The summed E-state index contributed by atoms with van der Waals surface area (Å²) in [4.78, 5) is 15.2. The van der Waals surface area contributed by atoms with Gasteiger partial charge < -0.3 is 14.7 Å². The summed E-state index contributed by atoms with van der Waals surface area (Å²) in [7, 11) is 1.59. The average Bonchev–Trinajstić information content (AvgIpc) is 3.37. The van der Waals surface area contributed by atoms with Gasteiger partial charge in [-0.25, -0.2) is 4.39 Å². The number of aryl methyl sites for hydroxylation is 1. The van der Waals surface area contributed by atoms with E-state index in [1.54, 1.807) is 43.2 Å². The van der Waals surface area contributed by atoms with E-state index < -0.39 is 6.04 Å². The predicted molar refractivity (Wildman–Crippen MR) is 127 cm³/mol. The zero-order valence-electron chi connectivity index (χ0n) is 18.5. The molecule has 3 aromatic carbocycles. The van der Waals surface area contributed by atoms with E-state index >= 15 is 0 Å². The van der Waals surface area contributed by atoms with Crippen molar-refractivity contribution >= 4 is 17.5 Å². The third-order valence-electron chi connectivity index (χ3n) is 6.09. The lowest BCUT2D eigenvalue weighted by Crippen LogP contribution is -2.29. The number of benzene rings is 3. The Kier molecular flexibility index (Phi) is 5.49. The van der Waals surface area contributed by atoms with Crippen LogP contribution in [-0.4, -0.2) is 33.2 Å². The number of amides is 1. The maximum absolute atomic E-state index is 13.7. The second-order valence-electron chi connectivity index (χ2n) is 8.21. The summed E-state index contributed by atoms with van der Waals surface area (Å²) in [6.07, 6.45) is 0. The minimum absolute atomic E-state index is 0.00936. The van der Waals surface area contributed by atoms with Crippen LogP contribution in [0.4, 0.5) is 4.39 Å². The second-order valence-corrected chi connectivity index (χ2v) is 8.62. The summed E-state index contributed by atoms with van der Waals surface area (Å²) in [5, 5.41) is 18.3. The van der Waals surface area contributed by atoms with Gasteiger partial charge in [-0.2, -0.15) is 5.10 Å². The van der Waals surface area contributed by atoms with Gasteiger partial charge in [-0.15, -0.1) is 0 Å². The van der Waals surface area contributed by atoms with Gasteiger partial charge in [-0.1, -0.05) is 35.9 Å². The molecule has 0 aliphatic carbocycles. The number of ether oxygens (including phenoxy) is 1. The minimum Gasteiger partial charge on any atom is -0.507 e. The normalized spacial score (nSPS) is 15.0. The molecular formula is C26H21ClFN3O3. The first-order chi connectivity index (χ1) is 16.4. The Hall–Kier alpha value is -3.84. The van der Waals surface area contributed by atoms with Crippen molar-refractivity contribution in [2.24, 2.45) is 0 Å². The fraction of sp³-hybridized carbons (Fsp3) is 0.154. The first-order valence-electron chi connectivity index (χ1n) is 10.6. The Morgan fingerprint density at radius 3 is 2.53 bits per heavy atom. The number of halogens is 2. The topological polar surface area (TPSA) is 78.5 Å². The van der Waals surface area contributed by atoms with Crippen LogP contribution in [0.25, 0.3) is 11.3 Å². The quantitative estimate of drug-likeness (QED) is 0.390. The molecule has 0 fully saturated rings. The number of phenols is 1. The molecule has 172 valence electrons. The number of H-pyrrole nitrogens is 1. The summed E-state index contributed by atoms with van der Waals surface area (Å²) >= 11 is 6.34. The first-order valence-corrected chi connectivity index (χ1v) is 11.0. The molecular weight excluding hydrogens is 457 g/mol. The molecule has 2 heterocycles. The summed E-state index contributed by atoms with van der Waals surface area (Å²) < 4.78 is 19.0. The number of rotatable bonds is 5. The highest BCUT2D eigenvalue weighted by Crippen LogP contribution is 2.45. The van der Waals surface area contributed by atoms with Gasteiger partial charge in [0.05, 0.1) is 13.2 Å². The van der Waals surface area contributed by atoms with Crippen molar-refractivity contribution in [3.05, 3.63) is 99.5 Å². The number of aromatic nitrogens is 2. The number of nitrogens with one attached hydrogen (secondary N) is 1. The van der Waals surface area contributed by atoms with E-state index in [1.807, 2.05) is 24.3 Å². The molecule has 5 rings (SSSR count). The maximum atomic E-state index is 13.7. The Labute approximate surface area is 200 Å². The lowest BCUT2D eigenvalue weighted by atomic mass is 9.95. The number of hydrogen-bond acceptors (Lipinski definition) is 4. The summed E-state index contributed by atoms with van der Waals surface area (Å²) in [6.45, 7) is 2.11. The van der Waals surface area contributed by atoms with Gasteiger partial charge in [0.15, 0.2) is 0 Å². The molecule has 0 saturated carbocycles. The molecule has 0 radical (unpaired) electrons. The number of aromatic amines is 1. The largest absolute Gasteiger partial charge is 0.507 e. The van der Waals surface area contributed by atoms with Crippen LogP contribution in [0.3, 0.4) is 0 Å². The highest BCUT2D eigenvalue weighted by atomic mass is 35.5. The third-order valence-corrected chi connectivity index (χ3v) is 6.50. The lowest BCUT2D eigenvalue weighted by Gasteiger charge is -2.26. The average molecular weight is 478 g/mol. The highest BCUT2D eigenvalue weighted by molar-refractivity contribution is 6.31. The second kappa shape index (κ2) is 8.50. The van der Waals surface area contributed by atoms with Gasteiger partial charge in [-0.05, 0) is 60.0 Å². The van der Waals surface area contributed by atoms with Crippen LogP contribution in [0.15, 0.2) is 60.7 Å². The molecule has 2 N–H and O–H groups in total. The fourth-order valence-corrected chi connectivity index (χ4v) is 4.50. The molecule has 0 bridgehead atoms. The van der Waals surface area contributed by atoms with Crippen molar-refractivity contribution in [1.29, 1.82) is 0 Å². The molecule has 1 aromatic heterocycles. The maximum Gasteiger partial charge on any atom is 0.273 e. The van der Waals surface area contributed by atoms with E-state index in [1.165, 1.54) is 12.1 Å². The van der Waals surface area contributed by atoms with Crippen LogP contribution in [-0.2, 0) is 6.54 Å². The molecule has 1 aliphatic heterocycles. The van der Waals surface area contributed by atoms with Gasteiger partial charge in [0.2, 0.25) is 0 Å². The molecule has 1 atom stereocenters. The number of carbonyl (C=O) groups excluding carboxylic acids is 1. The van der Waals surface area contributed by atoms with Crippen LogP contribution in [0.2, 0.25) is 5.02 Å². The number of nitrogens with zero attached hydrogens (tertiary/aromatic N) is 2. The number of methoxy groups -OCH3 is 1. The zero-order valence-corrected chi connectivity index (χ0v) is 19.2. The van der Waals surface area contributed by atoms with Crippen LogP contribution >= 0.6 is 11.6 Å². The highest BCUT2D eigenvalue weighted by Gasteiger charge is 2.42. The molecule has 0 saturated heterocycles. The Morgan fingerprint density at radius 2 is 1.85 bits per heavy atom. The molecule has 1 aliphatic rings.